The first-order valence-electron chi connectivity index (χ1n) is 12.3. The molecule has 0 amide bonds. The first-order chi connectivity index (χ1) is 17.3. The Labute approximate surface area is 225 Å². The molecule has 0 bridgehead atoms. The van der Waals surface area contributed by atoms with Gasteiger partial charge in [-0.05, 0) is 91.7 Å². The largest absolute Gasteiger partial charge is 0.495 e. The highest BCUT2D eigenvalue weighted by molar-refractivity contribution is 7.91. The van der Waals surface area contributed by atoms with Gasteiger partial charge in [0.25, 0.3) is 0 Å². The van der Waals surface area contributed by atoms with Gasteiger partial charge in [0.15, 0.2) is 0 Å². The fourth-order valence-electron chi connectivity index (χ4n) is 5.05. The molecule has 0 aromatic heterocycles. The number of benzene rings is 3. The smallest absolute Gasteiger partial charge is 0.210 e. The van der Waals surface area contributed by atoms with Gasteiger partial charge >= 0.3 is 0 Å². The molecule has 1 saturated heterocycles. The number of ether oxygens (including phenoxy) is 1. The normalized spacial score (nSPS) is 16.5. The maximum atomic E-state index is 13.6. The maximum Gasteiger partial charge on any atom is 0.210 e. The fraction of sp³-hybridized carbons (Fsp3) is 0.357. The molecule has 2 aliphatic heterocycles. The van der Waals surface area contributed by atoms with Crippen molar-refractivity contribution in [3.63, 3.8) is 0 Å². The van der Waals surface area contributed by atoms with Crippen LogP contribution in [0.4, 0.5) is 15.8 Å². The highest BCUT2D eigenvalue weighted by atomic mass is 35.5. The standard InChI is InChI=1S/C28H32FN3O3S.ClH/c1-30-13-11-21-19-27(35-2)28(20-22(21)12-14-30)36(33,34)26-9-7-25(8-10-26)32-17-15-31(16-18-32)24-5-3-23(29)4-6-24;/h3-10,19-20H,11-18H2,1-2H3;1H. The van der Waals surface area contributed by atoms with Gasteiger partial charge in [-0.1, -0.05) is 0 Å². The number of hydrogen-bond acceptors (Lipinski definition) is 6. The Balaban J connectivity index is 0.00000320. The number of sulfone groups is 1. The summed E-state index contributed by atoms with van der Waals surface area (Å²) in [6.45, 7) is 5.08. The van der Waals surface area contributed by atoms with E-state index in [1.165, 1.54) is 19.2 Å². The molecule has 0 saturated carbocycles. The van der Waals surface area contributed by atoms with Crippen molar-refractivity contribution in [3.05, 3.63) is 77.6 Å². The average Bonchev–Trinajstić information content (AvgIpc) is 3.09. The molecule has 0 atom stereocenters. The number of fused-ring (bicyclic) bond motifs is 1. The van der Waals surface area contributed by atoms with E-state index in [9.17, 15) is 12.8 Å². The second-order valence-electron chi connectivity index (χ2n) is 9.52. The van der Waals surface area contributed by atoms with Gasteiger partial charge < -0.3 is 19.4 Å². The van der Waals surface area contributed by atoms with Gasteiger partial charge in [0, 0.05) is 50.6 Å². The lowest BCUT2D eigenvalue weighted by molar-refractivity contribution is 0.352. The molecular formula is C28H33ClFN3O3S. The van der Waals surface area contributed by atoms with Crippen molar-refractivity contribution >= 4 is 33.6 Å². The molecule has 3 aromatic carbocycles. The molecule has 1 fully saturated rings. The molecule has 0 N–H and O–H groups in total. The first kappa shape index (κ1) is 27.2. The van der Waals surface area contributed by atoms with Gasteiger partial charge in [-0.25, -0.2) is 12.8 Å². The van der Waals surface area contributed by atoms with Crippen molar-refractivity contribution in [2.24, 2.45) is 0 Å². The summed E-state index contributed by atoms with van der Waals surface area (Å²) in [6, 6.07) is 17.4. The number of rotatable bonds is 5. The second-order valence-corrected chi connectivity index (χ2v) is 11.4. The quantitative estimate of drug-likeness (QED) is 0.472. The van der Waals surface area contributed by atoms with Crippen LogP contribution in [0.1, 0.15) is 11.1 Å². The molecule has 37 heavy (non-hydrogen) atoms. The zero-order valence-electron chi connectivity index (χ0n) is 21.2. The third-order valence-electron chi connectivity index (χ3n) is 7.28. The number of likely N-dealkylation sites (N-methyl/N-ethyl adjacent to an activating group) is 1. The van der Waals surface area contributed by atoms with Gasteiger partial charge in [0.05, 0.1) is 12.0 Å². The third kappa shape index (κ3) is 5.71. The lowest BCUT2D eigenvalue weighted by atomic mass is 10.0. The summed E-state index contributed by atoms with van der Waals surface area (Å²) in [5.74, 6) is 0.169. The SMILES string of the molecule is COc1cc2c(cc1S(=O)(=O)c1ccc(N3CCN(c4ccc(F)cc4)CC3)cc1)CCN(C)CC2.Cl. The van der Waals surface area contributed by atoms with Crippen LogP contribution in [-0.4, -0.2) is 66.7 Å². The van der Waals surface area contributed by atoms with E-state index in [1.54, 1.807) is 24.3 Å². The number of piperazine rings is 1. The van der Waals surface area contributed by atoms with Crippen molar-refractivity contribution in [2.75, 3.05) is 63.2 Å². The molecule has 0 aliphatic carbocycles. The molecule has 5 rings (SSSR count). The van der Waals surface area contributed by atoms with Gasteiger partial charge in [-0.2, -0.15) is 0 Å². The maximum absolute atomic E-state index is 13.6. The predicted octanol–water partition coefficient (Wildman–Crippen LogP) is 4.45. The van der Waals surface area contributed by atoms with Gasteiger partial charge in [0.2, 0.25) is 9.84 Å². The molecule has 9 heteroatoms. The summed E-state index contributed by atoms with van der Waals surface area (Å²) in [7, 11) is -0.118. The van der Waals surface area contributed by atoms with Crippen LogP contribution in [0.15, 0.2) is 70.5 Å². The zero-order chi connectivity index (χ0) is 25.3. The average molecular weight is 546 g/mol. The number of methoxy groups -OCH3 is 1. The number of hydrogen-bond donors (Lipinski definition) is 0. The molecule has 2 aliphatic rings. The highest BCUT2D eigenvalue weighted by Crippen LogP contribution is 2.34. The number of nitrogens with zero attached hydrogens (tertiary/aromatic N) is 3. The topological polar surface area (TPSA) is 53.1 Å². The van der Waals surface area contributed by atoms with E-state index in [2.05, 4.69) is 21.7 Å². The highest BCUT2D eigenvalue weighted by Gasteiger charge is 2.26. The Hall–Kier alpha value is -2.81. The Kier molecular flexibility index (Phi) is 8.31. The summed E-state index contributed by atoms with van der Waals surface area (Å²) < 4.78 is 46.0. The van der Waals surface area contributed by atoms with E-state index in [-0.39, 0.29) is 28.0 Å². The lowest BCUT2D eigenvalue weighted by Gasteiger charge is -2.37. The van der Waals surface area contributed by atoms with Crippen LogP contribution >= 0.6 is 12.4 Å². The fourth-order valence-corrected chi connectivity index (χ4v) is 6.50. The number of anilines is 2. The minimum absolute atomic E-state index is 0. The Morgan fingerprint density at radius 3 is 1.76 bits per heavy atom. The van der Waals surface area contributed by atoms with E-state index < -0.39 is 9.84 Å². The first-order valence-corrected chi connectivity index (χ1v) is 13.8. The van der Waals surface area contributed by atoms with Crippen LogP contribution in [0.2, 0.25) is 0 Å². The second kappa shape index (κ2) is 11.3. The Morgan fingerprint density at radius 2 is 1.24 bits per heavy atom. The molecule has 0 spiro atoms. The van der Waals surface area contributed by atoms with Crippen molar-refractivity contribution in [1.29, 1.82) is 0 Å². The third-order valence-corrected chi connectivity index (χ3v) is 9.08. The molecule has 198 valence electrons. The van der Waals surface area contributed by atoms with Crippen LogP contribution < -0.4 is 14.5 Å². The van der Waals surface area contributed by atoms with Crippen LogP contribution in [0, 0.1) is 5.82 Å². The summed E-state index contributed by atoms with van der Waals surface area (Å²) in [5, 5.41) is 0. The molecule has 6 nitrogen and oxygen atoms in total. The summed E-state index contributed by atoms with van der Waals surface area (Å²) in [4.78, 5) is 7.24. The zero-order valence-corrected chi connectivity index (χ0v) is 22.8. The van der Waals surface area contributed by atoms with E-state index >= 15 is 0 Å². The minimum atomic E-state index is -3.73. The van der Waals surface area contributed by atoms with Crippen molar-refractivity contribution in [2.45, 2.75) is 22.6 Å². The molecular weight excluding hydrogens is 513 g/mol. The van der Waals surface area contributed by atoms with Crippen LogP contribution in [0.3, 0.4) is 0 Å². The van der Waals surface area contributed by atoms with E-state index in [4.69, 9.17) is 4.74 Å². The summed E-state index contributed by atoms with van der Waals surface area (Å²) in [6.07, 6.45) is 1.70. The summed E-state index contributed by atoms with van der Waals surface area (Å²) >= 11 is 0. The summed E-state index contributed by atoms with van der Waals surface area (Å²) in [5.41, 5.74) is 4.24. The minimum Gasteiger partial charge on any atom is -0.495 e. The lowest BCUT2D eigenvalue weighted by Crippen LogP contribution is -2.46. The molecule has 3 aromatic rings. The van der Waals surface area contributed by atoms with Gasteiger partial charge in [-0.3, -0.25) is 0 Å². The van der Waals surface area contributed by atoms with E-state index in [0.717, 1.165) is 74.6 Å². The van der Waals surface area contributed by atoms with Crippen molar-refractivity contribution < 1.29 is 17.5 Å². The molecule has 2 heterocycles. The number of halogens is 2. The monoisotopic (exact) mass is 545 g/mol. The Morgan fingerprint density at radius 1 is 0.757 bits per heavy atom. The van der Waals surface area contributed by atoms with E-state index in [0.29, 0.717) is 5.75 Å². The van der Waals surface area contributed by atoms with Gasteiger partial charge in [-0.15, -0.1) is 12.4 Å². The molecule has 0 radical (unpaired) electrons. The van der Waals surface area contributed by atoms with Crippen LogP contribution in [-0.2, 0) is 22.7 Å². The van der Waals surface area contributed by atoms with Crippen LogP contribution in [0.5, 0.6) is 5.75 Å². The van der Waals surface area contributed by atoms with E-state index in [1.807, 2.05) is 24.3 Å². The molecule has 0 unspecified atom stereocenters. The van der Waals surface area contributed by atoms with Gasteiger partial charge in [0.1, 0.15) is 16.5 Å². The van der Waals surface area contributed by atoms with Crippen molar-refractivity contribution in [1.82, 2.24) is 4.90 Å². The predicted molar refractivity (Wildman–Crippen MR) is 148 cm³/mol. The van der Waals surface area contributed by atoms with Crippen molar-refractivity contribution in [3.8, 4) is 5.75 Å². The van der Waals surface area contributed by atoms with Crippen LogP contribution in [0.25, 0.3) is 0 Å². The Bertz CT molecular complexity index is 1330.